The van der Waals surface area contributed by atoms with Crippen LogP contribution in [0, 0.1) is 10.8 Å². The van der Waals surface area contributed by atoms with Gasteiger partial charge in [0, 0.05) is 24.9 Å². The summed E-state index contributed by atoms with van der Waals surface area (Å²) in [6.45, 7) is 11.6. The van der Waals surface area contributed by atoms with Crippen LogP contribution in [-0.4, -0.2) is 35.1 Å². The molecule has 1 unspecified atom stereocenters. The fourth-order valence-electron chi connectivity index (χ4n) is 2.12. The normalized spacial score (nSPS) is 25.6. The Labute approximate surface area is 98.8 Å². The third kappa shape index (κ3) is 3.48. The molecule has 3 heteroatoms. The van der Waals surface area contributed by atoms with Gasteiger partial charge < -0.3 is 10.0 Å². The van der Waals surface area contributed by atoms with Crippen LogP contribution in [0.2, 0.25) is 0 Å². The van der Waals surface area contributed by atoms with Crippen LogP contribution >= 0.6 is 0 Å². The number of hydrogen-bond donors (Lipinski definition) is 1. The molecular formula is C13H25NO2. The minimum absolute atomic E-state index is 0.0390. The molecule has 0 bridgehead atoms. The maximum Gasteiger partial charge on any atom is 0.223 e. The number of likely N-dealkylation sites (tertiary alicyclic amines) is 1. The minimum atomic E-state index is -0.286. The summed E-state index contributed by atoms with van der Waals surface area (Å²) in [6, 6.07) is 0. The van der Waals surface area contributed by atoms with Crippen molar-refractivity contribution in [1.29, 1.82) is 0 Å². The minimum Gasteiger partial charge on any atom is -0.392 e. The van der Waals surface area contributed by atoms with Crippen molar-refractivity contribution in [3.05, 3.63) is 0 Å². The van der Waals surface area contributed by atoms with E-state index in [0.717, 1.165) is 0 Å². The fraction of sp³-hybridized carbons (Fsp3) is 0.923. The zero-order valence-corrected chi connectivity index (χ0v) is 11.2. The largest absolute Gasteiger partial charge is 0.392 e. The molecular weight excluding hydrogens is 202 g/mol. The molecule has 0 aromatic heterocycles. The summed E-state index contributed by atoms with van der Waals surface area (Å²) in [5.41, 5.74) is -0.136. The van der Waals surface area contributed by atoms with Crippen molar-refractivity contribution in [2.75, 3.05) is 13.1 Å². The standard InChI is InChI=1S/C13H25NO2/c1-12(2,3)8-11(16)14-7-6-10(15)13(4,5)9-14/h10,15H,6-9H2,1-5H3. The second kappa shape index (κ2) is 4.36. The SMILES string of the molecule is CC(C)(C)CC(=O)N1CCC(O)C(C)(C)C1. The summed E-state index contributed by atoms with van der Waals surface area (Å²) >= 11 is 0. The molecule has 0 spiro atoms. The van der Waals surface area contributed by atoms with Gasteiger partial charge in [0.15, 0.2) is 0 Å². The molecule has 0 aromatic carbocycles. The Bertz CT molecular complexity index is 266. The molecule has 0 aromatic rings. The number of rotatable bonds is 1. The van der Waals surface area contributed by atoms with Crippen molar-refractivity contribution in [2.24, 2.45) is 10.8 Å². The van der Waals surface area contributed by atoms with Crippen LogP contribution in [0.1, 0.15) is 47.5 Å². The molecule has 1 aliphatic rings. The van der Waals surface area contributed by atoms with Crippen molar-refractivity contribution in [2.45, 2.75) is 53.6 Å². The lowest BCUT2D eigenvalue weighted by molar-refractivity contribution is -0.139. The highest BCUT2D eigenvalue weighted by atomic mass is 16.3. The molecule has 1 atom stereocenters. The van der Waals surface area contributed by atoms with E-state index in [2.05, 4.69) is 20.8 Å². The van der Waals surface area contributed by atoms with Crippen LogP contribution < -0.4 is 0 Å². The van der Waals surface area contributed by atoms with Crippen molar-refractivity contribution >= 4 is 5.91 Å². The number of amides is 1. The quantitative estimate of drug-likeness (QED) is 0.744. The lowest BCUT2D eigenvalue weighted by Gasteiger charge is -2.42. The first-order valence-corrected chi connectivity index (χ1v) is 6.08. The molecule has 3 nitrogen and oxygen atoms in total. The number of carbonyl (C=O) groups excluding carboxylic acids is 1. The van der Waals surface area contributed by atoms with Crippen LogP contribution in [0.5, 0.6) is 0 Å². The molecule has 1 rings (SSSR count). The van der Waals surface area contributed by atoms with E-state index in [4.69, 9.17) is 0 Å². The third-order valence-corrected chi connectivity index (χ3v) is 3.21. The summed E-state index contributed by atoms with van der Waals surface area (Å²) in [7, 11) is 0. The van der Waals surface area contributed by atoms with Gasteiger partial charge >= 0.3 is 0 Å². The molecule has 1 amide bonds. The molecule has 16 heavy (non-hydrogen) atoms. The molecule has 0 aliphatic carbocycles. The summed E-state index contributed by atoms with van der Waals surface area (Å²) in [5, 5.41) is 9.83. The van der Waals surface area contributed by atoms with E-state index in [0.29, 0.717) is 25.9 Å². The Hall–Kier alpha value is -0.570. The molecule has 1 fully saturated rings. The van der Waals surface area contributed by atoms with E-state index in [1.54, 1.807) is 0 Å². The van der Waals surface area contributed by atoms with Crippen LogP contribution in [0.25, 0.3) is 0 Å². The van der Waals surface area contributed by atoms with Gasteiger partial charge in [-0.3, -0.25) is 4.79 Å². The van der Waals surface area contributed by atoms with Gasteiger partial charge in [-0.05, 0) is 11.8 Å². The highest BCUT2D eigenvalue weighted by Crippen LogP contribution is 2.30. The smallest absolute Gasteiger partial charge is 0.223 e. The summed E-state index contributed by atoms with van der Waals surface area (Å²) in [4.78, 5) is 14.0. The average molecular weight is 227 g/mol. The highest BCUT2D eigenvalue weighted by Gasteiger charge is 2.36. The molecule has 1 N–H and O–H groups in total. The van der Waals surface area contributed by atoms with Gasteiger partial charge in [0.05, 0.1) is 6.10 Å². The fourth-order valence-corrected chi connectivity index (χ4v) is 2.12. The van der Waals surface area contributed by atoms with Gasteiger partial charge in [-0.1, -0.05) is 34.6 Å². The lowest BCUT2D eigenvalue weighted by atomic mass is 9.80. The van der Waals surface area contributed by atoms with E-state index < -0.39 is 0 Å². The third-order valence-electron chi connectivity index (χ3n) is 3.21. The predicted molar refractivity (Wildman–Crippen MR) is 65.1 cm³/mol. The molecule has 1 saturated heterocycles. The van der Waals surface area contributed by atoms with Crippen LogP contribution in [-0.2, 0) is 4.79 Å². The first-order valence-electron chi connectivity index (χ1n) is 6.08. The van der Waals surface area contributed by atoms with Gasteiger partial charge in [0.2, 0.25) is 5.91 Å². The number of aliphatic hydroxyl groups is 1. The highest BCUT2D eigenvalue weighted by molar-refractivity contribution is 5.77. The van der Waals surface area contributed by atoms with Gasteiger partial charge in [0.25, 0.3) is 0 Å². The van der Waals surface area contributed by atoms with Gasteiger partial charge in [-0.2, -0.15) is 0 Å². The number of aliphatic hydroxyl groups excluding tert-OH is 1. The Morgan fingerprint density at radius 2 is 2.00 bits per heavy atom. The number of piperidine rings is 1. The van der Waals surface area contributed by atoms with Crippen molar-refractivity contribution in [3.63, 3.8) is 0 Å². The Kier molecular flexibility index (Phi) is 3.68. The maximum absolute atomic E-state index is 12.1. The van der Waals surface area contributed by atoms with E-state index in [9.17, 15) is 9.90 Å². The molecule has 0 radical (unpaired) electrons. The first-order chi connectivity index (χ1) is 7.12. The number of carbonyl (C=O) groups is 1. The van der Waals surface area contributed by atoms with Gasteiger partial charge in [-0.15, -0.1) is 0 Å². The average Bonchev–Trinajstić information content (AvgIpc) is 2.06. The predicted octanol–water partition coefficient (Wildman–Crippen LogP) is 2.04. The topological polar surface area (TPSA) is 40.5 Å². The molecule has 94 valence electrons. The number of hydrogen-bond acceptors (Lipinski definition) is 2. The van der Waals surface area contributed by atoms with E-state index >= 15 is 0 Å². The Morgan fingerprint density at radius 3 is 2.44 bits per heavy atom. The van der Waals surface area contributed by atoms with Gasteiger partial charge in [0.1, 0.15) is 0 Å². The second-order valence-electron chi connectivity index (χ2n) is 6.85. The van der Waals surface area contributed by atoms with Crippen LogP contribution in [0.3, 0.4) is 0 Å². The molecule has 1 aliphatic heterocycles. The van der Waals surface area contributed by atoms with E-state index in [-0.39, 0.29) is 22.8 Å². The Balaban J connectivity index is 2.60. The van der Waals surface area contributed by atoms with Crippen molar-refractivity contribution in [1.82, 2.24) is 4.90 Å². The zero-order valence-electron chi connectivity index (χ0n) is 11.2. The van der Waals surface area contributed by atoms with Crippen molar-refractivity contribution < 1.29 is 9.90 Å². The zero-order chi connectivity index (χ0) is 12.6. The van der Waals surface area contributed by atoms with Crippen molar-refractivity contribution in [3.8, 4) is 0 Å². The summed E-state index contributed by atoms with van der Waals surface area (Å²) in [6.07, 6.45) is 0.994. The number of nitrogens with zero attached hydrogens (tertiary/aromatic N) is 1. The van der Waals surface area contributed by atoms with E-state index in [1.165, 1.54) is 0 Å². The van der Waals surface area contributed by atoms with Gasteiger partial charge in [-0.25, -0.2) is 0 Å². The molecule has 1 heterocycles. The summed E-state index contributed by atoms with van der Waals surface area (Å²) < 4.78 is 0. The van der Waals surface area contributed by atoms with E-state index in [1.807, 2.05) is 18.7 Å². The second-order valence-corrected chi connectivity index (χ2v) is 6.85. The maximum atomic E-state index is 12.1. The van der Waals surface area contributed by atoms with Crippen LogP contribution in [0.15, 0.2) is 0 Å². The lowest BCUT2D eigenvalue weighted by Crippen LogP contribution is -2.51. The Morgan fingerprint density at radius 1 is 1.44 bits per heavy atom. The monoisotopic (exact) mass is 227 g/mol. The first kappa shape index (κ1) is 13.5. The summed E-state index contributed by atoms with van der Waals surface area (Å²) in [5.74, 6) is 0.215. The molecule has 0 saturated carbocycles. The van der Waals surface area contributed by atoms with Crippen LogP contribution in [0.4, 0.5) is 0 Å².